The number of esters is 1. The maximum atomic E-state index is 12.8. The molecule has 1 aliphatic rings. The molecule has 1 aromatic heterocycles. The molecule has 0 saturated carbocycles. The Hall–Kier alpha value is -2.17. The van der Waals surface area contributed by atoms with Gasteiger partial charge in [0, 0.05) is 26.2 Å². The zero-order valence-electron chi connectivity index (χ0n) is 18.1. The molecule has 2 heterocycles. The van der Waals surface area contributed by atoms with Gasteiger partial charge in [0.1, 0.15) is 23.8 Å². The van der Waals surface area contributed by atoms with E-state index in [0.29, 0.717) is 38.0 Å². The molecule has 1 aromatic rings. The lowest BCUT2D eigenvalue weighted by Crippen LogP contribution is -2.25. The van der Waals surface area contributed by atoms with E-state index in [4.69, 9.17) is 9.15 Å². The van der Waals surface area contributed by atoms with Gasteiger partial charge >= 0.3 is 5.97 Å². The lowest BCUT2D eigenvalue weighted by Gasteiger charge is -2.21. The normalized spacial score (nSPS) is 24.9. The van der Waals surface area contributed by atoms with E-state index in [-0.39, 0.29) is 23.8 Å². The third kappa shape index (κ3) is 8.38. The number of ketones is 1. The van der Waals surface area contributed by atoms with E-state index in [0.717, 1.165) is 43.4 Å². The second kappa shape index (κ2) is 12.4. The highest BCUT2D eigenvalue weighted by molar-refractivity contribution is 5.79. The Morgan fingerprint density at radius 1 is 1.17 bits per heavy atom. The predicted molar refractivity (Wildman–Crippen MR) is 114 cm³/mol. The van der Waals surface area contributed by atoms with Gasteiger partial charge in [0.25, 0.3) is 0 Å². The van der Waals surface area contributed by atoms with Crippen LogP contribution in [-0.4, -0.2) is 22.8 Å². The molecule has 5 nitrogen and oxygen atoms in total. The van der Waals surface area contributed by atoms with Crippen LogP contribution >= 0.6 is 0 Å². The molecule has 0 radical (unpaired) electrons. The van der Waals surface area contributed by atoms with E-state index in [9.17, 15) is 9.59 Å². The van der Waals surface area contributed by atoms with Gasteiger partial charge in [-0.2, -0.15) is 0 Å². The number of nitrogens with zero attached hydrogens (tertiary/aromatic N) is 1. The summed E-state index contributed by atoms with van der Waals surface area (Å²) in [6, 6.07) is 0. The molecule has 2 atom stereocenters. The summed E-state index contributed by atoms with van der Waals surface area (Å²) in [6.07, 6.45) is 15.8. The lowest BCUT2D eigenvalue weighted by atomic mass is 9.96. The molecule has 0 fully saturated rings. The summed E-state index contributed by atoms with van der Waals surface area (Å²) in [6.45, 7) is 5.73. The summed E-state index contributed by atoms with van der Waals surface area (Å²) < 4.78 is 11.2. The van der Waals surface area contributed by atoms with E-state index in [1.807, 2.05) is 19.9 Å². The van der Waals surface area contributed by atoms with Crippen molar-refractivity contribution < 1.29 is 18.7 Å². The van der Waals surface area contributed by atoms with Crippen LogP contribution in [0.2, 0.25) is 0 Å². The Morgan fingerprint density at radius 3 is 2.69 bits per heavy atom. The standard InChI is InChI=1S/C24H35NO4/c1-4-20-14-15-22(26)12-10-8-6-5-7-9-11-13-23(29-24(20)27)18(2)16-21-17-28-19(3)25-21/h9,11,16-17,20,23H,4-8,10,12-15H2,1-3H3/b11-9-,18-16?. The highest BCUT2D eigenvalue weighted by Gasteiger charge is 2.23. The van der Waals surface area contributed by atoms with E-state index in [1.165, 1.54) is 0 Å². The summed E-state index contributed by atoms with van der Waals surface area (Å²) >= 11 is 0. The van der Waals surface area contributed by atoms with Crippen molar-refractivity contribution in [1.82, 2.24) is 4.98 Å². The molecule has 0 bridgehead atoms. The van der Waals surface area contributed by atoms with Crippen molar-refractivity contribution in [2.24, 2.45) is 5.92 Å². The molecule has 5 heteroatoms. The molecular formula is C24H35NO4. The highest BCUT2D eigenvalue weighted by Crippen LogP contribution is 2.21. The predicted octanol–water partition coefficient (Wildman–Crippen LogP) is 5.97. The number of cyclic esters (lactones) is 1. The van der Waals surface area contributed by atoms with Gasteiger partial charge in [-0.15, -0.1) is 0 Å². The number of hydrogen-bond acceptors (Lipinski definition) is 5. The van der Waals surface area contributed by atoms with Crippen molar-refractivity contribution in [2.45, 2.75) is 91.1 Å². The maximum absolute atomic E-state index is 12.8. The third-order valence-corrected chi connectivity index (χ3v) is 5.47. The molecule has 0 aliphatic carbocycles. The number of allylic oxidation sites excluding steroid dienone is 1. The average Bonchev–Trinajstić information content (AvgIpc) is 3.09. The zero-order valence-corrected chi connectivity index (χ0v) is 18.1. The van der Waals surface area contributed by atoms with Crippen LogP contribution in [0.5, 0.6) is 0 Å². The summed E-state index contributed by atoms with van der Waals surface area (Å²) in [5, 5.41) is 0. The van der Waals surface area contributed by atoms with Crippen LogP contribution < -0.4 is 0 Å². The Kier molecular flexibility index (Phi) is 9.89. The van der Waals surface area contributed by atoms with Gasteiger partial charge in [0.05, 0.1) is 5.92 Å². The van der Waals surface area contributed by atoms with Gasteiger partial charge in [-0.05, 0) is 50.7 Å². The van der Waals surface area contributed by atoms with Crippen LogP contribution in [-0.2, 0) is 14.3 Å². The summed E-state index contributed by atoms with van der Waals surface area (Å²) in [5.74, 6) is 0.419. The largest absolute Gasteiger partial charge is 0.457 e. The van der Waals surface area contributed by atoms with Crippen LogP contribution in [0.4, 0.5) is 0 Å². The number of aromatic nitrogens is 1. The second-order valence-electron chi connectivity index (χ2n) is 7.95. The molecule has 29 heavy (non-hydrogen) atoms. The first kappa shape index (κ1) is 23.1. The molecule has 2 unspecified atom stereocenters. The number of oxazole rings is 1. The first-order valence-corrected chi connectivity index (χ1v) is 11.0. The van der Waals surface area contributed by atoms with Crippen molar-refractivity contribution >= 4 is 17.8 Å². The minimum absolute atomic E-state index is 0.213. The van der Waals surface area contributed by atoms with E-state index >= 15 is 0 Å². The van der Waals surface area contributed by atoms with Gasteiger partial charge in [0.2, 0.25) is 0 Å². The van der Waals surface area contributed by atoms with Gasteiger partial charge in [-0.3, -0.25) is 9.59 Å². The Labute approximate surface area is 174 Å². The molecule has 0 N–H and O–H groups in total. The molecule has 0 spiro atoms. The fraction of sp³-hybridized carbons (Fsp3) is 0.625. The first-order chi connectivity index (χ1) is 14.0. The fourth-order valence-electron chi connectivity index (χ4n) is 3.56. The van der Waals surface area contributed by atoms with Gasteiger partial charge in [0.15, 0.2) is 5.89 Å². The first-order valence-electron chi connectivity index (χ1n) is 11.0. The van der Waals surface area contributed by atoms with Crippen molar-refractivity contribution in [2.75, 3.05) is 0 Å². The SMILES string of the molecule is CCC1CCC(=O)CCCCCC/C=C\CC(C(C)=Cc2coc(C)n2)OC1=O. The highest BCUT2D eigenvalue weighted by atomic mass is 16.5. The van der Waals surface area contributed by atoms with E-state index in [2.05, 4.69) is 17.1 Å². The van der Waals surface area contributed by atoms with Gasteiger partial charge in [-0.1, -0.05) is 31.9 Å². The number of Topliss-reactive ketones (excluding diaryl/α,β-unsaturated/α-hetero) is 1. The summed E-state index contributed by atoms with van der Waals surface area (Å²) in [7, 11) is 0. The van der Waals surface area contributed by atoms with Gasteiger partial charge < -0.3 is 9.15 Å². The Balaban J connectivity index is 2.14. The molecular weight excluding hydrogens is 366 g/mol. The number of carbonyl (C=O) groups is 2. The average molecular weight is 402 g/mol. The van der Waals surface area contributed by atoms with Crippen LogP contribution in [0.15, 0.2) is 28.4 Å². The van der Waals surface area contributed by atoms with Crippen molar-refractivity contribution in [3.05, 3.63) is 35.6 Å². The van der Waals surface area contributed by atoms with Crippen LogP contribution in [0.1, 0.15) is 89.6 Å². The number of ether oxygens (including phenoxy) is 1. The topological polar surface area (TPSA) is 69.4 Å². The smallest absolute Gasteiger partial charge is 0.309 e. The minimum atomic E-state index is -0.339. The molecule has 0 aromatic carbocycles. The monoisotopic (exact) mass is 401 g/mol. The molecule has 2 rings (SSSR count). The van der Waals surface area contributed by atoms with Gasteiger partial charge in [-0.25, -0.2) is 4.98 Å². The number of hydrogen-bond donors (Lipinski definition) is 0. The number of aryl methyl sites for hydroxylation is 1. The van der Waals surface area contributed by atoms with Crippen LogP contribution in [0.3, 0.4) is 0 Å². The van der Waals surface area contributed by atoms with Crippen LogP contribution in [0.25, 0.3) is 6.08 Å². The quantitative estimate of drug-likeness (QED) is 0.461. The minimum Gasteiger partial charge on any atom is -0.457 e. The maximum Gasteiger partial charge on any atom is 0.309 e. The van der Waals surface area contributed by atoms with Crippen molar-refractivity contribution in [1.29, 1.82) is 0 Å². The summed E-state index contributed by atoms with van der Waals surface area (Å²) in [5.41, 5.74) is 1.66. The Morgan fingerprint density at radius 2 is 1.97 bits per heavy atom. The van der Waals surface area contributed by atoms with E-state index < -0.39 is 0 Å². The second-order valence-corrected chi connectivity index (χ2v) is 7.95. The number of carbonyl (C=O) groups excluding carboxylic acids is 2. The molecule has 0 saturated heterocycles. The van der Waals surface area contributed by atoms with Crippen molar-refractivity contribution in [3.8, 4) is 0 Å². The fourth-order valence-corrected chi connectivity index (χ4v) is 3.56. The number of rotatable bonds is 3. The molecule has 1 aliphatic heterocycles. The van der Waals surface area contributed by atoms with Crippen LogP contribution in [0, 0.1) is 12.8 Å². The Bertz CT molecular complexity index is 716. The summed E-state index contributed by atoms with van der Waals surface area (Å²) in [4.78, 5) is 29.2. The zero-order chi connectivity index (χ0) is 21.1. The molecule has 160 valence electrons. The third-order valence-electron chi connectivity index (χ3n) is 5.47. The lowest BCUT2D eigenvalue weighted by molar-refractivity contribution is -0.152. The van der Waals surface area contributed by atoms with Crippen molar-refractivity contribution in [3.63, 3.8) is 0 Å². The van der Waals surface area contributed by atoms with E-state index in [1.54, 1.807) is 13.2 Å². The molecule has 0 amide bonds.